The molecule has 1 aliphatic rings. The lowest BCUT2D eigenvalue weighted by atomic mass is 10.2. The van der Waals surface area contributed by atoms with E-state index >= 15 is 0 Å². The number of nitrogens with zero attached hydrogens (tertiary/aromatic N) is 2. The van der Waals surface area contributed by atoms with Crippen LogP contribution in [0.1, 0.15) is 13.3 Å². The Morgan fingerprint density at radius 2 is 2.08 bits per heavy atom. The Morgan fingerprint density at radius 3 is 2.46 bits per heavy atom. The number of sulfonamides is 1. The quantitative estimate of drug-likeness (QED) is 0.651. The summed E-state index contributed by atoms with van der Waals surface area (Å²) >= 11 is 0. The zero-order valence-electron chi connectivity index (χ0n) is 8.52. The van der Waals surface area contributed by atoms with Crippen molar-refractivity contribution < 1.29 is 8.42 Å². The molecule has 0 radical (unpaired) electrons. The van der Waals surface area contributed by atoms with Crippen molar-refractivity contribution in [1.29, 1.82) is 0 Å². The predicted octanol–water partition coefficient (Wildman–Crippen LogP) is -0.0280. The van der Waals surface area contributed by atoms with E-state index in [1.165, 1.54) is 0 Å². The van der Waals surface area contributed by atoms with Gasteiger partial charge in [0.1, 0.15) is 0 Å². The highest BCUT2D eigenvalue weighted by Gasteiger charge is 2.30. The maximum Gasteiger partial charge on any atom is 0.213 e. The fourth-order valence-corrected chi connectivity index (χ4v) is 2.72. The Kier molecular flexibility index (Phi) is 3.32. The standard InChI is InChI=1S/C8H18N2O2S/c1-4-13(11,12)10-6-5-8(7-10)9(2)3/h8H,4-7H2,1-3H3. The molecule has 78 valence electrons. The molecule has 0 bridgehead atoms. The van der Waals surface area contributed by atoms with Gasteiger partial charge in [-0.15, -0.1) is 0 Å². The SMILES string of the molecule is CCS(=O)(=O)N1CCC(N(C)C)C1. The van der Waals surface area contributed by atoms with Crippen LogP contribution >= 0.6 is 0 Å². The largest absolute Gasteiger partial charge is 0.305 e. The number of likely N-dealkylation sites (N-methyl/N-ethyl adjacent to an activating group) is 1. The molecule has 1 fully saturated rings. The molecule has 0 aromatic rings. The van der Waals surface area contributed by atoms with Gasteiger partial charge in [-0.05, 0) is 27.4 Å². The summed E-state index contributed by atoms with van der Waals surface area (Å²) in [6.45, 7) is 3.03. The molecule has 0 aliphatic carbocycles. The zero-order chi connectivity index (χ0) is 10.1. The van der Waals surface area contributed by atoms with Gasteiger partial charge in [-0.1, -0.05) is 0 Å². The molecule has 0 saturated carbocycles. The van der Waals surface area contributed by atoms with Gasteiger partial charge < -0.3 is 4.90 Å². The normalized spacial score (nSPS) is 25.7. The van der Waals surface area contributed by atoms with Crippen LogP contribution in [-0.4, -0.2) is 56.6 Å². The van der Waals surface area contributed by atoms with E-state index in [-0.39, 0.29) is 5.75 Å². The van der Waals surface area contributed by atoms with E-state index in [9.17, 15) is 8.42 Å². The van der Waals surface area contributed by atoms with Crippen LogP contribution in [0.4, 0.5) is 0 Å². The van der Waals surface area contributed by atoms with E-state index in [4.69, 9.17) is 0 Å². The molecule has 0 aromatic heterocycles. The van der Waals surface area contributed by atoms with Gasteiger partial charge >= 0.3 is 0 Å². The topological polar surface area (TPSA) is 40.6 Å². The molecule has 4 nitrogen and oxygen atoms in total. The van der Waals surface area contributed by atoms with Gasteiger partial charge in [-0.3, -0.25) is 0 Å². The van der Waals surface area contributed by atoms with Crippen molar-refractivity contribution >= 4 is 10.0 Å². The number of hydrogen-bond acceptors (Lipinski definition) is 3. The fraction of sp³-hybridized carbons (Fsp3) is 1.00. The van der Waals surface area contributed by atoms with Crippen molar-refractivity contribution in [3.63, 3.8) is 0 Å². The lowest BCUT2D eigenvalue weighted by molar-refractivity contribution is 0.302. The first-order chi connectivity index (χ1) is 5.97. The van der Waals surface area contributed by atoms with Crippen LogP contribution in [0, 0.1) is 0 Å². The van der Waals surface area contributed by atoms with Crippen molar-refractivity contribution in [3.05, 3.63) is 0 Å². The first kappa shape index (κ1) is 10.9. The van der Waals surface area contributed by atoms with E-state index in [2.05, 4.69) is 4.90 Å². The molecule has 0 N–H and O–H groups in total. The van der Waals surface area contributed by atoms with Crippen LogP contribution in [0.2, 0.25) is 0 Å². The Hall–Kier alpha value is -0.130. The molecule has 13 heavy (non-hydrogen) atoms. The summed E-state index contributed by atoms with van der Waals surface area (Å²) in [5, 5.41) is 0. The van der Waals surface area contributed by atoms with E-state index in [0.29, 0.717) is 19.1 Å². The molecule has 1 aliphatic heterocycles. The third kappa shape index (κ3) is 2.42. The van der Waals surface area contributed by atoms with Crippen molar-refractivity contribution in [2.75, 3.05) is 32.9 Å². The summed E-state index contributed by atoms with van der Waals surface area (Å²) in [4.78, 5) is 2.09. The summed E-state index contributed by atoms with van der Waals surface area (Å²) in [5.41, 5.74) is 0. The second-order valence-corrected chi connectivity index (χ2v) is 5.92. The van der Waals surface area contributed by atoms with Crippen LogP contribution < -0.4 is 0 Å². The molecule has 1 heterocycles. The lowest BCUT2D eigenvalue weighted by Gasteiger charge is -2.19. The van der Waals surface area contributed by atoms with Gasteiger partial charge in [0, 0.05) is 19.1 Å². The summed E-state index contributed by atoms with van der Waals surface area (Å²) < 4.78 is 24.5. The smallest absolute Gasteiger partial charge is 0.213 e. The maximum absolute atomic E-state index is 11.5. The molecule has 0 aromatic carbocycles. The number of rotatable bonds is 3. The van der Waals surface area contributed by atoms with Crippen molar-refractivity contribution in [3.8, 4) is 0 Å². The molecule has 1 atom stereocenters. The average molecular weight is 206 g/mol. The molecule has 5 heteroatoms. The second-order valence-electron chi connectivity index (χ2n) is 3.66. The molecule has 0 amide bonds. The van der Waals surface area contributed by atoms with Crippen molar-refractivity contribution in [2.24, 2.45) is 0 Å². The van der Waals surface area contributed by atoms with Gasteiger partial charge in [-0.25, -0.2) is 12.7 Å². The highest BCUT2D eigenvalue weighted by Crippen LogP contribution is 2.16. The monoisotopic (exact) mass is 206 g/mol. The van der Waals surface area contributed by atoms with E-state index in [0.717, 1.165) is 6.42 Å². The van der Waals surface area contributed by atoms with Crippen molar-refractivity contribution in [2.45, 2.75) is 19.4 Å². The average Bonchev–Trinajstić information content (AvgIpc) is 2.52. The van der Waals surface area contributed by atoms with E-state index in [1.807, 2.05) is 14.1 Å². The highest BCUT2D eigenvalue weighted by molar-refractivity contribution is 7.89. The van der Waals surface area contributed by atoms with E-state index in [1.54, 1.807) is 11.2 Å². The minimum absolute atomic E-state index is 0.215. The lowest BCUT2D eigenvalue weighted by Crippen LogP contribution is -2.35. The summed E-state index contributed by atoms with van der Waals surface area (Å²) in [6, 6.07) is 0.390. The summed E-state index contributed by atoms with van der Waals surface area (Å²) in [5.74, 6) is 0.215. The maximum atomic E-state index is 11.5. The van der Waals surface area contributed by atoms with E-state index < -0.39 is 10.0 Å². The summed E-state index contributed by atoms with van der Waals surface area (Å²) in [7, 11) is 1.03. The molecule has 1 rings (SSSR count). The predicted molar refractivity (Wildman–Crippen MR) is 53.1 cm³/mol. The summed E-state index contributed by atoms with van der Waals surface area (Å²) in [6.07, 6.45) is 0.951. The minimum atomic E-state index is -2.96. The highest BCUT2D eigenvalue weighted by atomic mass is 32.2. The first-order valence-electron chi connectivity index (χ1n) is 4.61. The molecule has 0 spiro atoms. The number of hydrogen-bond donors (Lipinski definition) is 0. The minimum Gasteiger partial charge on any atom is -0.305 e. The van der Waals surface area contributed by atoms with Crippen LogP contribution in [0.25, 0.3) is 0 Å². The van der Waals surface area contributed by atoms with Gasteiger partial charge in [-0.2, -0.15) is 0 Å². The van der Waals surface area contributed by atoms with Gasteiger partial charge in [0.15, 0.2) is 0 Å². The second kappa shape index (κ2) is 3.94. The Balaban J connectivity index is 2.60. The van der Waals surface area contributed by atoms with Gasteiger partial charge in [0.25, 0.3) is 0 Å². The Morgan fingerprint density at radius 1 is 1.46 bits per heavy atom. The Labute approximate surface area is 80.6 Å². The molecular weight excluding hydrogens is 188 g/mol. The zero-order valence-corrected chi connectivity index (χ0v) is 9.34. The van der Waals surface area contributed by atoms with Crippen molar-refractivity contribution in [1.82, 2.24) is 9.21 Å². The Bertz CT molecular complexity index is 261. The molecule has 1 saturated heterocycles. The van der Waals surface area contributed by atoms with Gasteiger partial charge in [0.05, 0.1) is 5.75 Å². The third-order valence-corrected chi connectivity index (χ3v) is 4.46. The van der Waals surface area contributed by atoms with Crippen LogP contribution in [0.3, 0.4) is 0 Å². The van der Waals surface area contributed by atoms with Crippen LogP contribution in [0.5, 0.6) is 0 Å². The third-order valence-electron chi connectivity index (χ3n) is 2.61. The fourth-order valence-electron chi connectivity index (χ4n) is 1.57. The molecular formula is C8H18N2O2S. The van der Waals surface area contributed by atoms with Crippen LogP contribution in [-0.2, 0) is 10.0 Å². The first-order valence-corrected chi connectivity index (χ1v) is 6.22. The molecule has 1 unspecified atom stereocenters. The van der Waals surface area contributed by atoms with Crippen LogP contribution in [0.15, 0.2) is 0 Å². The van der Waals surface area contributed by atoms with Gasteiger partial charge in [0.2, 0.25) is 10.0 Å².